The predicted octanol–water partition coefficient (Wildman–Crippen LogP) is 11.0. The Kier molecular flexibility index (Phi) is 6.22. The Morgan fingerprint density at radius 3 is 1.56 bits per heavy atom. The van der Waals surface area contributed by atoms with E-state index >= 15 is 0 Å². The maximum absolute atomic E-state index is 10.5. The molecule has 0 amide bonds. The minimum atomic E-state index is 0.590. The van der Waals surface area contributed by atoms with Crippen molar-refractivity contribution in [1.29, 1.82) is 10.5 Å². The van der Waals surface area contributed by atoms with E-state index in [1.165, 1.54) is 10.8 Å². The lowest BCUT2D eigenvalue weighted by Crippen LogP contribution is -2.00. The van der Waals surface area contributed by atoms with Crippen LogP contribution in [-0.2, 0) is 0 Å². The molecule has 0 aliphatic heterocycles. The number of fused-ring (bicyclic) bond motifs is 6. The lowest BCUT2D eigenvalue weighted by atomic mass is 9.89. The van der Waals surface area contributed by atoms with Gasteiger partial charge in [0.1, 0.15) is 6.07 Å². The number of para-hydroxylation sites is 5. The van der Waals surface area contributed by atoms with Gasteiger partial charge in [0, 0.05) is 38.4 Å². The third-order valence-electron chi connectivity index (χ3n) is 9.43. The Balaban J connectivity index is 1.26. The highest BCUT2D eigenvalue weighted by atomic mass is 15.0. The summed E-state index contributed by atoms with van der Waals surface area (Å²) in [4.78, 5) is 0. The van der Waals surface area contributed by atoms with Crippen LogP contribution in [0.25, 0.3) is 77.2 Å². The second-order valence-electron chi connectivity index (χ2n) is 11.9. The van der Waals surface area contributed by atoms with Gasteiger partial charge in [-0.25, -0.2) is 0 Å². The monoisotopic (exact) mass is 610 g/mol. The first-order valence-corrected chi connectivity index (χ1v) is 15.9. The maximum Gasteiger partial charge on any atom is 0.101 e. The molecule has 9 rings (SSSR count). The second-order valence-corrected chi connectivity index (χ2v) is 11.9. The molecule has 0 aliphatic carbocycles. The fraction of sp³-hybridized carbons (Fsp3) is 0. The van der Waals surface area contributed by atoms with E-state index in [9.17, 15) is 10.5 Å². The van der Waals surface area contributed by atoms with Gasteiger partial charge in [0.25, 0.3) is 0 Å². The van der Waals surface area contributed by atoms with E-state index in [1.54, 1.807) is 0 Å². The van der Waals surface area contributed by atoms with E-state index in [2.05, 4.69) is 130 Å². The minimum Gasteiger partial charge on any atom is -0.309 e. The average molecular weight is 611 g/mol. The van der Waals surface area contributed by atoms with Crippen LogP contribution in [-0.4, -0.2) is 9.13 Å². The third kappa shape index (κ3) is 4.01. The predicted molar refractivity (Wildman–Crippen MR) is 195 cm³/mol. The molecule has 0 aliphatic rings. The van der Waals surface area contributed by atoms with E-state index in [-0.39, 0.29) is 0 Å². The van der Waals surface area contributed by atoms with Crippen LogP contribution in [0.1, 0.15) is 11.1 Å². The van der Waals surface area contributed by atoms with Crippen LogP contribution in [0.3, 0.4) is 0 Å². The molecule has 2 heterocycles. The van der Waals surface area contributed by atoms with Crippen molar-refractivity contribution >= 4 is 43.6 Å². The minimum absolute atomic E-state index is 0.590. The molecule has 0 unspecified atom stereocenters. The number of rotatable bonds is 4. The van der Waals surface area contributed by atoms with Crippen LogP contribution in [0.4, 0.5) is 0 Å². The van der Waals surface area contributed by atoms with E-state index in [4.69, 9.17) is 0 Å². The average Bonchev–Trinajstić information content (AvgIpc) is 3.68. The van der Waals surface area contributed by atoms with Crippen LogP contribution in [0.5, 0.6) is 0 Å². The smallest absolute Gasteiger partial charge is 0.101 e. The second kappa shape index (κ2) is 10.9. The van der Waals surface area contributed by atoms with Crippen LogP contribution in [0.2, 0.25) is 0 Å². The fourth-order valence-electron chi connectivity index (χ4n) is 7.41. The van der Waals surface area contributed by atoms with E-state index in [0.717, 1.165) is 66.5 Å². The van der Waals surface area contributed by atoms with Gasteiger partial charge in [-0.2, -0.15) is 10.5 Å². The largest absolute Gasteiger partial charge is 0.309 e. The molecule has 0 saturated carbocycles. The first kappa shape index (κ1) is 27.4. The summed E-state index contributed by atoms with van der Waals surface area (Å²) in [5, 5.41) is 25.2. The van der Waals surface area contributed by atoms with Crippen LogP contribution < -0.4 is 0 Å². The zero-order chi connectivity index (χ0) is 32.2. The number of nitriles is 2. The van der Waals surface area contributed by atoms with Crippen molar-refractivity contribution in [1.82, 2.24) is 9.13 Å². The highest BCUT2D eigenvalue weighted by molar-refractivity contribution is 6.12. The quantitative estimate of drug-likeness (QED) is 0.199. The van der Waals surface area contributed by atoms with Gasteiger partial charge in [-0.1, -0.05) is 109 Å². The van der Waals surface area contributed by atoms with Gasteiger partial charge in [-0.05, 0) is 59.7 Å². The summed E-state index contributed by atoms with van der Waals surface area (Å²) in [6, 6.07) is 58.8. The molecular formula is C44H26N4. The Morgan fingerprint density at radius 2 is 0.896 bits per heavy atom. The van der Waals surface area contributed by atoms with Gasteiger partial charge >= 0.3 is 0 Å². The third-order valence-corrected chi connectivity index (χ3v) is 9.43. The molecule has 0 atom stereocenters. The Hall–Kier alpha value is -6.88. The molecule has 48 heavy (non-hydrogen) atoms. The SMILES string of the molecule is N#Cc1cccc(-c2ccc(-n3c4ccccc4c4ccccc43)cc2)c1-c1ccccc1-n1c2ccccc2c2cccc(C#N)c21. The molecule has 0 spiro atoms. The number of nitrogens with zero attached hydrogens (tertiary/aromatic N) is 4. The Bertz CT molecular complexity index is 2750. The lowest BCUT2D eigenvalue weighted by molar-refractivity contribution is 1.18. The molecule has 7 aromatic carbocycles. The first-order valence-electron chi connectivity index (χ1n) is 15.9. The molecule has 9 aromatic rings. The van der Waals surface area contributed by atoms with Crippen molar-refractivity contribution in [3.63, 3.8) is 0 Å². The van der Waals surface area contributed by atoms with Gasteiger partial charge in [-0.3, -0.25) is 0 Å². The lowest BCUT2D eigenvalue weighted by Gasteiger charge is -2.18. The first-order chi connectivity index (χ1) is 23.8. The summed E-state index contributed by atoms with van der Waals surface area (Å²) >= 11 is 0. The number of hydrogen-bond acceptors (Lipinski definition) is 2. The topological polar surface area (TPSA) is 57.4 Å². The number of aromatic nitrogens is 2. The molecule has 0 radical (unpaired) electrons. The standard InChI is InChI=1S/C44H26N4/c45-27-30-11-9-17-33(29-23-25-32(26-24-29)47-39-19-5-1-13-34(39)35-14-2-6-20-40(35)47)43(30)38-16-4-8-22-42(38)48-41-21-7-3-15-36(41)37-18-10-12-31(28-46)44(37)48/h1-26H. The molecule has 0 N–H and O–H groups in total. The summed E-state index contributed by atoms with van der Waals surface area (Å²) in [5.41, 5.74) is 11.1. The molecule has 0 bridgehead atoms. The van der Waals surface area contributed by atoms with E-state index < -0.39 is 0 Å². The van der Waals surface area contributed by atoms with Crippen LogP contribution >= 0.6 is 0 Å². The van der Waals surface area contributed by atoms with E-state index in [0.29, 0.717) is 11.1 Å². The molecule has 0 saturated heterocycles. The zero-order valence-corrected chi connectivity index (χ0v) is 25.8. The van der Waals surface area contributed by atoms with Crippen LogP contribution in [0.15, 0.2) is 158 Å². The highest BCUT2D eigenvalue weighted by Gasteiger charge is 2.21. The summed E-state index contributed by atoms with van der Waals surface area (Å²) in [7, 11) is 0. The van der Waals surface area contributed by atoms with Crippen molar-refractivity contribution < 1.29 is 0 Å². The Morgan fingerprint density at radius 1 is 0.396 bits per heavy atom. The van der Waals surface area contributed by atoms with Crippen molar-refractivity contribution in [2.75, 3.05) is 0 Å². The van der Waals surface area contributed by atoms with Gasteiger partial charge in [-0.15, -0.1) is 0 Å². The summed E-state index contributed by atoms with van der Waals surface area (Å²) in [6.45, 7) is 0. The summed E-state index contributed by atoms with van der Waals surface area (Å²) in [5.74, 6) is 0. The summed E-state index contributed by atoms with van der Waals surface area (Å²) < 4.78 is 4.49. The van der Waals surface area contributed by atoms with Crippen molar-refractivity contribution in [3.05, 3.63) is 169 Å². The van der Waals surface area contributed by atoms with E-state index in [1.807, 2.05) is 48.5 Å². The van der Waals surface area contributed by atoms with Crippen molar-refractivity contribution in [3.8, 4) is 45.8 Å². The highest BCUT2D eigenvalue weighted by Crippen LogP contribution is 2.42. The fourth-order valence-corrected chi connectivity index (χ4v) is 7.41. The van der Waals surface area contributed by atoms with Gasteiger partial charge in [0.15, 0.2) is 0 Å². The zero-order valence-electron chi connectivity index (χ0n) is 25.8. The number of benzene rings is 7. The van der Waals surface area contributed by atoms with Crippen molar-refractivity contribution in [2.24, 2.45) is 0 Å². The molecule has 4 nitrogen and oxygen atoms in total. The molecular weight excluding hydrogens is 585 g/mol. The molecule has 2 aromatic heterocycles. The van der Waals surface area contributed by atoms with Gasteiger partial charge in [0.05, 0.1) is 45.0 Å². The van der Waals surface area contributed by atoms with Crippen LogP contribution in [0, 0.1) is 22.7 Å². The number of hydrogen-bond donors (Lipinski definition) is 0. The maximum atomic E-state index is 10.5. The normalized spacial score (nSPS) is 11.3. The molecule has 222 valence electrons. The van der Waals surface area contributed by atoms with Gasteiger partial charge in [0.2, 0.25) is 0 Å². The molecule has 4 heteroatoms. The van der Waals surface area contributed by atoms with Gasteiger partial charge < -0.3 is 9.13 Å². The van der Waals surface area contributed by atoms with Crippen molar-refractivity contribution in [2.45, 2.75) is 0 Å². The molecule has 0 fully saturated rings. The summed E-state index contributed by atoms with van der Waals surface area (Å²) in [6.07, 6.45) is 0. The Labute approximate surface area is 277 Å².